The van der Waals surface area contributed by atoms with Gasteiger partial charge in [-0.15, -0.1) is 0 Å². The van der Waals surface area contributed by atoms with Crippen LogP contribution in [-0.4, -0.2) is 36.7 Å². The van der Waals surface area contributed by atoms with E-state index in [1.165, 1.54) is 0 Å². The Labute approximate surface area is 176 Å². The van der Waals surface area contributed by atoms with E-state index in [4.69, 9.17) is 9.47 Å². The van der Waals surface area contributed by atoms with Gasteiger partial charge in [-0.2, -0.15) is 0 Å². The molecule has 1 aliphatic rings. The molecule has 0 aliphatic carbocycles. The molecule has 0 spiro atoms. The average Bonchev–Trinajstić information content (AvgIpc) is 2.79. The van der Waals surface area contributed by atoms with E-state index < -0.39 is 0 Å². The first-order valence-corrected chi connectivity index (χ1v) is 10.1. The van der Waals surface area contributed by atoms with Crippen LogP contribution in [0.4, 0.5) is 5.82 Å². The second-order valence-electron chi connectivity index (χ2n) is 7.27. The van der Waals surface area contributed by atoms with Crippen molar-refractivity contribution in [1.82, 2.24) is 10.3 Å². The second kappa shape index (κ2) is 9.41. The van der Waals surface area contributed by atoms with Gasteiger partial charge in [0.05, 0.1) is 12.7 Å². The van der Waals surface area contributed by atoms with Crippen LogP contribution < -0.4 is 15.0 Å². The summed E-state index contributed by atoms with van der Waals surface area (Å²) in [5, 5.41) is 2.94. The number of carbonyl (C=O) groups excluding carboxylic acids is 1. The van der Waals surface area contributed by atoms with Gasteiger partial charge in [0, 0.05) is 31.4 Å². The number of para-hydroxylation sites is 1. The molecule has 1 atom stereocenters. The number of hydrogen-bond donors (Lipinski definition) is 1. The Kier molecular flexibility index (Phi) is 6.25. The van der Waals surface area contributed by atoms with Crippen molar-refractivity contribution in [3.8, 4) is 11.5 Å². The second-order valence-corrected chi connectivity index (χ2v) is 7.27. The summed E-state index contributed by atoms with van der Waals surface area (Å²) >= 11 is 0. The van der Waals surface area contributed by atoms with Crippen LogP contribution in [0.25, 0.3) is 0 Å². The zero-order valence-corrected chi connectivity index (χ0v) is 17.0. The third kappa shape index (κ3) is 5.15. The van der Waals surface area contributed by atoms with Crippen molar-refractivity contribution in [1.29, 1.82) is 0 Å². The number of nitrogens with zero attached hydrogens (tertiary/aromatic N) is 2. The average molecular weight is 403 g/mol. The highest BCUT2D eigenvalue weighted by Crippen LogP contribution is 2.21. The Balaban J connectivity index is 1.30. The number of amides is 1. The van der Waals surface area contributed by atoms with Gasteiger partial charge in [0.1, 0.15) is 17.3 Å². The predicted molar refractivity (Wildman–Crippen MR) is 116 cm³/mol. The first-order valence-electron chi connectivity index (χ1n) is 10.1. The number of morpholine rings is 1. The lowest BCUT2D eigenvalue weighted by Gasteiger charge is -2.32. The largest absolute Gasteiger partial charge is 0.457 e. The van der Waals surface area contributed by atoms with Crippen LogP contribution >= 0.6 is 0 Å². The van der Waals surface area contributed by atoms with E-state index in [-0.39, 0.29) is 12.0 Å². The summed E-state index contributed by atoms with van der Waals surface area (Å²) in [6.07, 6.45) is 2.02. The number of anilines is 1. The Morgan fingerprint density at radius 2 is 1.87 bits per heavy atom. The fourth-order valence-corrected chi connectivity index (χ4v) is 3.32. The van der Waals surface area contributed by atoms with Gasteiger partial charge in [-0.05, 0) is 55.0 Å². The fourth-order valence-electron chi connectivity index (χ4n) is 3.32. The molecule has 154 valence electrons. The van der Waals surface area contributed by atoms with Gasteiger partial charge in [-0.3, -0.25) is 4.79 Å². The standard InChI is InChI=1S/C24H25N3O3/c1-18-17-27(13-14-29-18)23-12-7-19(15-25-23)16-26-24(28)20-8-10-22(11-9-20)30-21-5-3-2-4-6-21/h2-12,15,18H,13-14,16-17H2,1H3,(H,26,28). The molecule has 1 unspecified atom stereocenters. The quantitative estimate of drug-likeness (QED) is 0.673. The van der Waals surface area contributed by atoms with Crippen molar-refractivity contribution in [3.05, 3.63) is 84.1 Å². The number of aromatic nitrogens is 1. The molecule has 2 aromatic carbocycles. The Morgan fingerprint density at radius 3 is 2.57 bits per heavy atom. The smallest absolute Gasteiger partial charge is 0.251 e. The third-order valence-corrected chi connectivity index (χ3v) is 4.92. The molecule has 1 aliphatic heterocycles. The molecular weight excluding hydrogens is 378 g/mol. The van der Waals surface area contributed by atoms with Crippen LogP contribution in [0.3, 0.4) is 0 Å². The zero-order valence-electron chi connectivity index (χ0n) is 17.0. The molecule has 30 heavy (non-hydrogen) atoms. The molecule has 6 heteroatoms. The Bertz CT molecular complexity index is 959. The van der Waals surface area contributed by atoms with Crippen molar-refractivity contribution >= 4 is 11.7 Å². The first-order chi connectivity index (χ1) is 14.7. The number of hydrogen-bond acceptors (Lipinski definition) is 5. The summed E-state index contributed by atoms with van der Waals surface area (Å²) < 4.78 is 11.3. The van der Waals surface area contributed by atoms with Crippen molar-refractivity contribution in [2.75, 3.05) is 24.6 Å². The lowest BCUT2D eigenvalue weighted by Crippen LogP contribution is -2.41. The van der Waals surface area contributed by atoms with Crippen LogP contribution in [0.2, 0.25) is 0 Å². The van der Waals surface area contributed by atoms with Gasteiger partial charge in [-0.25, -0.2) is 4.98 Å². The van der Waals surface area contributed by atoms with E-state index in [0.717, 1.165) is 36.8 Å². The molecule has 0 bridgehead atoms. The van der Waals surface area contributed by atoms with Crippen LogP contribution in [0.1, 0.15) is 22.8 Å². The number of benzene rings is 2. The number of nitrogens with one attached hydrogen (secondary N) is 1. The van der Waals surface area contributed by atoms with Crippen molar-refractivity contribution in [2.24, 2.45) is 0 Å². The minimum Gasteiger partial charge on any atom is -0.457 e. The molecule has 0 saturated carbocycles. The first kappa shape index (κ1) is 19.9. The molecule has 1 amide bonds. The lowest BCUT2D eigenvalue weighted by molar-refractivity contribution is 0.0529. The molecule has 1 N–H and O–H groups in total. The molecule has 1 aromatic heterocycles. The zero-order chi connectivity index (χ0) is 20.8. The SMILES string of the molecule is CC1CN(c2ccc(CNC(=O)c3ccc(Oc4ccccc4)cc3)cn2)CCO1. The maximum absolute atomic E-state index is 12.4. The lowest BCUT2D eigenvalue weighted by atomic mass is 10.2. The number of carbonyl (C=O) groups is 1. The summed E-state index contributed by atoms with van der Waals surface area (Å²) in [7, 11) is 0. The van der Waals surface area contributed by atoms with Gasteiger partial charge < -0.3 is 19.7 Å². The van der Waals surface area contributed by atoms with Crippen LogP contribution in [-0.2, 0) is 11.3 Å². The van der Waals surface area contributed by atoms with E-state index >= 15 is 0 Å². The van der Waals surface area contributed by atoms with E-state index in [1.54, 1.807) is 24.3 Å². The predicted octanol–water partition coefficient (Wildman–Crippen LogP) is 4.03. The number of rotatable bonds is 6. The molecule has 0 radical (unpaired) electrons. The Hall–Kier alpha value is -3.38. The normalized spacial score (nSPS) is 16.2. The number of pyridine rings is 1. The monoisotopic (exact) mass is 403 g/mol. The summed E-state index contributed by atoms with van der Waals surface area (Å²) in [4.78, 5) is 19.2. The van der Waals surface area contributed by atoms with E-state index in [2.05, 4.69) is 22.1 Å². The topological polar surface area (TPSA) is 63.7 Å². The molecule has 6 nitrogen and oxygen atoms in total. The summed E-state index contributed by atoms with van der Waals surface area (Å²) in [5.41, 5.74) is 1.54. The fraction of sp³-hybridized carbons (Fsp3) is 0.250. The van der Waals surface area contributed by atoms with E-state index in [9.17, 15) is 4.79 Å². The van der Waals surface area contributed by atoms with Crippen LogP contribution in [0, 0.1) is 0 Å². The highest BCUT2D eigenvalue weighted by molar-refractivity contribution is 5.94. The van der Waals surface area contributed by atoms with Gasteiger partial charge >= 0.3 is 0 Å². The van der Waals surface area contributed by atoms with Crippen LogP contribution in [0.15, 0.2) is 72.9 Å². The van der Waals surface area contributed by atoms with Gasteiger partial charge in [-0.1, -0.05) is 24.3 Å². The van der Waals surface area contributed by atoms with E-state index in [0.29, 0.717) is 17.9 Å². The minimum absolute atomic E-state index is 0.132. The summed E-state index contributed by atoms with van der Waals surface area (Å²) in [6, 6.07) is 20.6. The molecule has 1 fully saturated rings. The van der Waals surface area contributed by atoms with Crippen LogP contribution in [0.5, 0.6) is 11.5 Å². The van der Waals surface area contributed by atoms with E-state index in [1.807, 2.05) is 48.7 Å². The van der Waals surface area contributed by atoms with Gasteiger partial charge in [0.25, 0.3) is 5.91 Å². The Morgan fingerprint density at radius 1 is 1.10 bits per heavy atom. The van der Waals surface area contributed by atoms with Crippen molar-refractivity contribution in [2.45, 2.75) is 19.6 Å². The number of ether oxygens (including phenoxy) is 2. The third-order valence-electron chi connectivity index (χ3n) is 4.92. The maximum atomic E-state index is 12.4. The minimum atomic E-state index is -0.132. The molecule has 1 saturated heterocycles. The van der Waals surface area contributed by atoms with Gasteiger partial charge in [0.2, 0.25) is 0 Å². The summed E-state index contributed by atoms with van der Waals surface area (Å²) in [6.45, 7) is 4.89. The van der Waals surface area contributed by atoms with Crippen molar-refractivity contribution < 1.29 is 14.3 Å². The molecule has 3 aromatic rings. The maximum Gasteiger partial charge on any atom is 0.251 e. The summed E-state index contributed by atoms with van der Waals surface area (Å²) in [5.74, 6) is 2.26. The molecule has 4 rings (SSSR count). The highest BCUT2D eigenvalue weighted by atomic mass is 16.5. The van der Waals surface area contributed by atoms with Gasteiger partial charge in [0.15, 0.2) is 0 Å². The molecule has 2 heterocycles. The molecular formula is C24H25N3O3. The van der Waals surface area contributed by atoms with Crippen molar-refractivity contribution in [3.63, 3.8) is 0 Å². The highest BCUT2D eigenvalue weighted by Gasteiger charge is 2.17.